The summed E-state index contributed by atoms with van der Waals surface area (Å²) < 4.78 is 47.3. The zero-order valence-electron chi connectivity index (χ0n) is 17.0. The van der Waals surface area contributed by atoms with Crippen molar-refractivity contribution in [3.05, 3.63) is 71.4 Å². The number of hydrogen-bond acceptors (Lipinski definition) is 5. The van der Waals surface area contributed by atoms with Crippen LogP contribution in [0.2, 0.25) is 0 Å². The fourth-order valence-corrected chi connectivity index (χ4v) is 4.09. The van der Waals surface area contributed by atoms with Crippen LogP contribution in [0.1, 0.15) is 46.4 Å². The van der Waals surface area contributed by atoms with E-state index in [0.717, 1.165) is 18.7 Å². The van der Waals surface area contributed by atoms with Crippen molar-refractivity contribution in [1.29, 1.82) is 0 Å². The summed E-state index contributed by atoms with van der Waals surface area (Å²) in [6.45, 7) is 2.22. The molecule has 0 aliphatic carbocycles. The topological polar surface area (TPSA) is 76.5 Å². The van der Waals surface area contributed by atoms with Crippen LogP contribution in [-0.2, 0) is 6.18 Å². The van der Waals surface area contributed by atoms with Gasteiger partial charge in [0, 0.05) is 18.2 Å². The van der Waals surface area contributed by atoms with Crippen LogP contribution in [-0.4, -0.2) is 37.1 Å². The minimum absolute atomic E-state index is 0.0143. The molecule has 164 valence electrons. The highest BCUT2D eigenvalue weighted by Gasteiger charge is 2.38. The summed E-state index contributed by atoms with van der Waals surface area (Å²) in [4.78, 5) is 19.4. The fraction of sp³-hybridized carbons (Fsp3) is 0.273. The maximum atomic E-state index is 13.8. The molecule has 0 saturated carbocycles. The number of nitrogens with zero attached hydrogens (tertiary/aromatic N) is 5. The quantitative estimate of drug-likeness (QED) is 0.461. The maximum Gasteiger partial charge on any atom is 0.433 e. The number of amides is 1. The zero-order chi connectivity index (χ0) is 22.5. The second kappa shape index (κ2) is 7.47. The van der Waals surface area contributed by atoms with E-state index in [-0.39, 0.29) is 22.9 Å². The Labute approximate surface area is 180 Å². The van der Waals surface area contributed by atoms with E-state index in [2.05, 4.69) is 15.2 Å². The maximum absolute atomic E-state index is 13.8. The Morgan fingerprint density at radius 1 is 1.19 bits per heavy atom. The third kappa shape index (κ3) is 3.41. The number of carbonyl (C=O) groups is 1. The molecule has 32 heavy (non-hydrogen) atoms. The summed E-state index contributed by atoms with van der Waals surface area (Å²) in [7, 11) is 0. The van der Waals surface area contributed by atoms with Crippen molar-refractivity contribution in [2.24, 2.45) is 0 Å². The van der Waals surface area contributed by atoms with Gasteiger partial charge < -0.3 is 9.42 Å². The third-order valence-electron chi connectivity index (χ3n) is 5.56. The van der Waals surface area contributed by atoms with E-state index in [1.165, 1.54) is 0 Å². The highest BCUT2D eigenvalue weighted by atomic mass is 19.4. The Hall–Kier alpha value is -3.69. The van der Waals surface area contributed by atoms with Crippen LogP contribution in [0.15, 0.2) is 53.2 Å². The Morgan fingerprint density at radius 3 is 2.66 bits per heavy atom. The summed E-state index contributed by atoms with van der Waals surface area (Å²) in [5.41, 5.74) is 0.137. The van der Waals surface area contributed by atoms with E-state index in [1.54, 1.807) is 48.2 Å². The van der Waals surface area contributed by atoms with Gasteiger partial charge >= 0.3 is 6.18 Å². The molecule has 0 radical (unpaired) electrons. The molecule has 1 fully saturated rings. The number of fused-ring (bicyclic) bond motifs is 1. The van der Waals surface area contributed by atoms with Crippen molar-refractivity contribution in [1.82, 2.24) is 24.7 Å². The van der Waals surface area contributed by atoms with Gasteiger partial charge in [-0.3, -0.25) is 4.79 Å². The lowest BCUT2D eigenvalue weighted by Gasteiger charge is -2.22. The molecule has 1 saturated heterocycles. The third-order valence-corrected chi connectivity index (χ3v) is 5.56. The van der Waals surface area contributed by atoms with E-state index in [4.69, 9.17) is 4.52 Å². The molecular weight excluding hydrogens is 423 g/mol. The summed E-state index contributed by atoms with van der Waals surface area (Å²) in [5.74, 6) is 0.188. The monoisotopic (exact) mass is 441 g/mol. The molecule has 4 heterocycles. The molecule has 0 N–H and O–H groups in total. The van der Waals surface area contributed by atoms with Gasteiger partial charge in [0.05, 0.1) is 17.9 Å². The number of aromatic nitrogens is 4. The van der Waals surface area contributed by atoms with Crippen LogP contribution in [0.5, 0.6) is 0 Å². The summed E-state index contributed by atoms with van der Waals surface area (Å²) in [5, 5.41) is 7.89. The normalized spacial score (nSPS) is 16.8. The van der Waals surface area contributed by atoms with Gasteiger partial charge in [0.25, 0.3) is 5.91 Å². The first-order valence-electron chi connectivity index (χ1n) is 10.1. The number of benzene rings is 1. The Balaban J connectivity index is 1.62. The minimum Gasteiger partial charge on any atom is -0.361 e. The van der Waals surface area contributed by atoms with Crippen molar-refractivity contribution in [2.75, 3.05) is 6.54 Å². The Bertz CT molecular complexity index is 1300. The minimum atomic E-state index is -4.68. The molecule has 0 bridgehead atoms. The van der Waals surface area contributed by atoms with Crippen LogP contribution >= 0.6 is 0 Å². The molecule has 0 spiro atoms. The molecule has 1 aromatic carbocycles. The molecule has 4 aromatic rings. The number of alkyl halides is 3. The van der Waals surface area contributed by atoms with Crippen molar-refractivity contribution >= 4 is 11.6 Å². The second-order valence-electron chi connectivity index (χ2n) is 7.70. The first-order chi connectivity index (χ1) is 15.3. The standard InChI is InChI=1S/C22H18F3N5O2/c1-13-10-17(28-32-13)18-8-5-9-29(18)21(31)15-12-26-30-19(22(23,24)25)11-16(27-20(15)30)14-6-3-2-4-7-14/h2-4,6-7,10-12,18H,5,8-9H2,1H3/t18-/m1/s1. The molecule has 10 heteroatoms. The lowest BCUT2D eigenvalue weighted by Crippen LogP contribution is -2.30. The van der Waals surface area contributed by atoms with Crippen molar-refractivity contribution < 1.29 is 22.5 Å². The number of rotatable bonds is 3. The van der Waals surface area contributed by atoms with Gasteiger partial charge in [-0.1, -0.05) is 35.5 Å². The summed E-state index contributed by atoms with van der Waals surface area (Å²) in [6.07, 6.45) is -2.09. The highest BCUT2D eigenvalue weighted by molar-refractivity contribution is 6.00. The SMILES string of the molecule is Cc1cc([C@H]2CCCN2C(=O)c2cnn3c(C(F)(F)F)cc(-c4ccccc4)nc23)no1. The molecule has 1 aliphatic rings. The van der Waals surface area contributed by atoms with Crippen molar-refractivity contribution in [2.45, 2.75) is 32.0 Å². The molecule has 1 atom stereocenters. The predicted molar refractivity (Wildman–Crippen MR) is 108 cm³/mol. The zero-order valence-corrected chi connectivity index (χ0v) is 17.0. The number of carbonyl (C=O) groups excluding carboxylic acids is 1. The number of aryl methyl sites for hydroxylation is 1. The molecule has 3 aromatic heterocycles. The average Bonchev–Trinajstić information content (AvgIpc) is 3.51. The second-order valence-corrected chi connectivity index (χ2v) is 7.70. The lowest BCUT2D eigenvalue weighted by molar-refractivity contribution is -0.142. The van der Waals surface area contributed by atoms with Gasteiger partial charge in [-0.05, 0) is 25.8 Å². The van der Waals surface area contributed by atoms with Crippen LogP contribution in [0.4, 0.5) is 13.2 Å². The number of hydrogen-bond donors (Lipinski definition) is 0. The molecule has 0 unspecified atom stereocenters. The number of halogens is 3. The van der Waals surface area contributed by atoms with Gasteiger partial charge in [-0.25, -0.2) is 9.50 Å². The Kier molecular flexibility index (Phi) is 4.72. The van der Waals surface area contributed by atoms with E-state index >= 15 is 0 Å². The van der Waals surface area contributed by atoms with Crippen LogP contribution < -0.4 is 0 Å². The van der Waals surface area contributed by atoms with E-state index in [0.29, 0.717) is 34.5 Å². The first kappa shape index (κ1) is 20.2. The van der Waals surface area contributed by atoms with Gasteiger partial charge in [0.2, 0.25) is 0 Å². The first-order valence-corrected chi connectivity index (χ1v) is 10.1. The molecule has 5 rings (SSSR count). The average molecular weight is 441 g/mol. The summed E-state index contributed by atoms with van der Waals surface area (Å²) >= 11 is 0. The van der Waals surface area contributed by atoms with E-state index in [9.17, 15) is 18.0 Å². The van der Waals surface area contributed by atoms with Gasteiger partial charge in [0.1, 0.15) is 17.0 Å². The van der Waals surface area contributed by atoms with Crippen LogP contribution in [0.25, 0.3) is 16.9 Å². The van der Waals surface area contributed by atoms with Crippen LogP contribution in [0, 0.1) is 6.92 Å². The predicted octanol–water partition coefficient (Wildman–Crippen LogP) is 4.69. The molecule has 1 aliphatic heterocycles. The fourth-order valence-electron chi connectivity index (χ4n) is 4.09. The molecular formula is C22H18F3N5O2. The van der Waals surface area contributed by atoms with E-state index < -0.39 is 17.8 Å². The van der Waals surface area contributed by atoms with Crippen molar-refractivity contribution in [3.8, 4) is 11.3 Å². The van der Waals surface area contributed by atoms with Crippen molar-refractivity contribution in [3.63, 3.8) is 0 Å². The lowest BCUT2D eigenvalue weighted by atomic mass is 10.1. The smallest absolute Gasteiger partial charge is 0.361 e. The van der Waals surface area contributed by atoms with Gasteiger partial charge in [-0.15, -0.1) is 0 Å². The van der Waals surface area contributed by atoms with Gasteiger partial charge in [-0.2, -0.15) is 18.3 Å². The number of likely N-dealkylation sites (tertiary alicyclic amines) is 1. The Morgan fingerprint density at radius 2 is 1.97 bits per heavy atom. The largest absolute Gasteiger partial charge is 0.433 e. The van der Waals surface area contributed by atoms with Gasteiger partial charge in [0.15, 0.2) is 11.3 Å². The van der Waals surface area contributed by atoms with E-state index in [1.807, 2.05) is 0 Å². The molecule has 1 amide bonds. The molecule has 7 nitrogen and oxygen atoms in total. The summed E-state index contributed by atoms with van der Waals surface area (Å²) in [6, 6.07) is 10.9. The highest BCUT2D eigenvalue weighted by Crippen LogP contribution is 2.35. The van der Waals surface area contributed by atoms with Crippen LogP contribution in [0.3, 0.4) is 0 Å².